The highest BCUT2D eigenvalue weighted by Crippen LogP contribution is 2.28. The normalized spacial score (nSPS) is 10.5. The average Bonchev–Trinajstić information content (AvgIpc) is 2.59. The fourth-order valence-electron chi connectivity index (χ4n) is 2.30. The number of amides is 1. The number of ether oxygens (including phenoxy) is 2. The Morgan fingerprint density at radius 2 is 2.00 bits per heavy atom. The van der Waals surface area contributed by atoms with Crippen LogP contribution in [0, 0.1) is 0 Å². The summed E-state index contributed by atoms with van der Waals surface area (Å²) >= 11 is 6.03. The van der Waals surface area contributed by atoms with Crippen molar-refractivity contribution in [2.75, 3.05) is 30.9 Å². The van der Waals surface area contributed by atoms with Gasteiger partial charge >= 0.3 is 0 Å². The van der Waals surface area contributed by atoms with Crippen LogP contribution in [0.5, 0.6) is 5.75 Å². The van der Waals surface area contributed by atoms with E-state index >= 15 is 0 Å². The van der Waals surface area contributed by atoms with Gasteiger partial charge in [-0.25, -0.2) is 0 Å². The first kappa shape index (κ1) is 19.1. The lowest BCUT2D eigenvalue weighted by Gasteiger charge is -2.13. The first-order valence-electron chi connectivity index (χ1n) is 8.23. The standard InChI is InChI=1S/C19H23ClN2O3/c1-2-24-11-12-25-18-9-8-15(20)13-17(18)22-19(23)10-7-14-5-3-4-6-16(14)21/h3-6,8-9,13H,2,7,10-12,21H2,1H3,(H,22,23). The van der Waals surface area contributed by atoms with Crippen molar-refractivity contribution in [3.05, 3.63) is 53.1 Å². The summed E-state index contributed by atoms with van der Waals surface area (Å²) < 4.78 is 10.9. The number of benzene rings is 2. The van der Waals surface area contributed by atoms with Gasteiger partial charge in [0.25, 0.3) is 0 Å². The number of para-hydroxylation sites is 1. The van der Waals surface area contributed by atoms with Crippen LogP contribution >= 0.6 is 11.6 Å². The van der Waals surface area contributed by atoms with Gasteiger partial charge in [0, 0.05) is 23.7 Å². The molecule has 134 valence electrons. The van der Waals surface area contributed by atoms with Gasteiger partial charge in [-0.05, 0) is 43.2 Å². The van der Waals surface area contributed by atoms with Crippen molar-refractivity contribution in [2.45, 2.75) is 19.8 Å². The van der Waals surface area contributed by atoms with E-state index in [1.54, 1.807) is 18.2 Å². The maximum Gasteiger partial charge on any atom is 0.224 e. The van der Waals surface area contributed by atoms with Gasteiger partial charge in [-0.15, -0.1) is 0 Å². The Morgan fingerprint density at radius 1 is 1.20 bits per heavy atom. The molecule has 0 aliphatic rings. The summed E-state index contributed by atoms with van der Waals surface area (Å²) in [5.41, 5.74) is 8.10. The van der Waals surface area contributed by atoms with Gasteiger partial charge in [0.15, 0.2) is 0 Å². The second-order valence-corrected chi connectivity index (χ2v) is 5.87. The SMILES string of the molecule is CCOCCOc1ccc(Cl)cc1NC(=O)CCc1ccccc1N. The zero-order chi connectivity index (χ0) is 18.1. The lowest BCUT2D eigenvalue weighted by molar-refractivity contribution is -0.116. The minimum atomic E-state index is -0.125. The molecule has 2 aromatic rings. The molecule has 0 aliphatic carbocycles. The van der Waals surface area contributed by atoms with Crippen molar-refractivity contribution >= 4 is 28.9 Å². The molecule has 2 aromatic carbocycles. The molecule has 0 fully saturated rings. The molecule has 2 rings (SSSR count). The van der Waals surface area contributed by atoms with Crippen LogP contribution in [0.15, 0.2) is 42.5 Å². The highest BCUT2D eigenvalue weighted by atomic mass is 35.5. The van der Waals surface area contributed by atoms with Crippen LogP contribution in [0.1, 0.15) is 18.9 Å². The second-order valence-electron chi connectivity index (χ2n) is 5.43. The molecule has 5 nitrogen and oxygen atoms in total. The molecule has 0 aromatic heterocycles. The van der Waals surface area contributed by atoms with E-state index in [1.807, 2.05) is 31.2 Å². The van der Waals surface area contributed by atoms with Gasteiger partial charge in [0.2, 0.25) is 5.91 Å². The van der Waals surface area contributed by atoms with Crippen molar-refractivity contribution < 1.29 is 14.3 Å². The summed E-state index contributed by atoms with van der Waals surface area (Å²) in [5, 5.41) is 3.38. The van der Waals surface area contributed by atoms with Gasteiger partial charge in [0.05, 0.1) is 12.3 Å². The first-order valence-corrected chi connectivity index (χ1v) is 8.61. The Hall–Kier alpha value is -2.24. The monoisotopic (exact) mass is 362 g/mol. The predicted octanol–water partition coefficient (Wildman–Crippen LogP) is 3.91. The predicted molar refractivity (Wildman–Crippen MR) is 101 cm³/mol. The van der Waals surface area contributed by atoms with E-state index in [9.17, 15) is 4.79 Å². The van der Waals surface area contributed by atoms with Crippen LogP contribution in [-0.2, 0) is 16.0 Å². The number of hydrogen-bond donors (Lipinski definition) is 2. The second kappa shape index (κ2) is 9.91. The number of nitrogens with one attached hydrogen (secondary N) is 1. The summed E-state index contributed by atoms with van der Waals surface area (Å²) in [6.07, 6.45) is 0.888. The molecule has 3 N–H and O–H groups in total. The van der Waals surface area contributed by atoms with Crippen molar-refractivity contribution in [1.29, 1.82) is 0 Å². The van der Waals surface area contributed by atoms with Crippen LogP contribution < -0.4 is 15.8 Å². The molecule has 25 heavy (non-hydrogen) atoms. The highest BCUT2D eigenvalue weighted by Gasteiger charge is 2.10. The Morgan fingerprint density at radius 3 is 2.76 bits per heavy atom. The maximum atomic E-state index is 12.3. The van der Waals surface area contributed by atoms with Gasteiger partial charge in [0.1, 0.15) is 12.4 Å². The zero-order valence-corrected chi connectivity index (χ0v) is 15.0. The molecule has 0 spiro atoms. The van der Waals surface area contributed by atoms with Gasteiger partial charge < -0.3 is 20.5 Å². The molecule has 0 unspecified atom stereocenters. The summed E-state index contributed by atoms with van der Waals surface area (Å²) in [6, 6.07) is 12.7. The molecule has 6 heteroatoms. The number of carbonyl (C=O) groups excluding carboxylic acids is 1. The molecule has 0 radical (unpaired) electrons. The first-order chi connectivity index (χ1) is 12.1. The third kappa shape index (κ3) is 6.29. The minimum absolute atomic E-state index is 0.125. The molecule has 0 aliphatic heterocycles. The van der Waals surface area contributed by atoms with Crippen molar-refractivity contribution in [3.63, 3.8) is 0 Å². The van der Waals surface area contributed by atoms with E-state index in [0.717, 1.165) is 5.56 Å². The van der Waals surface area contributed by atoms with Gasteiger partial charge in [-0.2, -0.15) is 0 Å². The van der Waals surface area contributed by atoms with Crippen molar-refractivity contribution in [1.82, 2.24) is 0 Å². The van der Waals surface area contributed by atoms with Crippen molar-refractivity contribution in [2.24, 2.45) is 0 Å². The summed E-state index contributed by atoms with van der Waals surface area (Å²) in [6.45, 7) is 3.45. The number of halogens is 1. The third-order valence-electron chi connectivity index (χ3n) is 3.58. The fraction of sp³-hybridized carbons (Fsp3) is 0.316. The van der Waals surface area contributed by atoms with E-state index in [2.05, 4.69) is 5.32 Å². The average molecular weight is 363 g/mol. The third-order valence-corrected chi connectivity index (χ3v) is 3.82. The number of nitrogens with two attached hydrogens (primary N) is 1. The molecule has 0 saturated carbocycles. The molecule has 1 amide bonds. The quantitative estimate of drug-likeness (QED) is 0.524. The van der Waals surface area contributed by atoms with E-state index < -0.39 is 0 Å². The fourth-order valence-corrected chi connectivity index (χ4v) is 2.48. The zero-order valence-electron chi connectivity index (χ0n) is 14.3. The van der Waals surface area contributed by atoms with Gasteiger partial charge in [-0.1, -0.05) is 29.8 Å². The van der Waals surface area contributed by atoms with Crippen LogP contribution in [0.4, 0.5) is 11.4 Å². The molecule has 0 bridgehead atoms. The number of rotatable bonds is 9. The summed E-state index contributed by atoms with van der Waals surface area (Å²) in [4.78, 5) is 12.3. The van der Waals surface area contributed by atoms with Crippen LogP contribution in [0.25, 0.3) is 0 Å². The summed E-state index contributed by atoms with van der Waals surface area (Å²) in [5.74, 6) is 0.442. The number of nitrogen functional groups attached to an aromatic ring is 1. The summed E-state index contributed by atoms with van der Waals surface area (Å²) in [7, 11) is 0. The Bertz CT molecular complexity index is 707. The van der Waals surface area contributed by atoms with Gasteiger partial charge in [-0.3, -0.25) is 4.79 Å². The lowest BCUT2D eigenvalue weighted by atomic mass is 10.1. The highest BCUT2D eigenvalue weighted by molar-refractivity contribution is 6.31. The van der Waals surface area contributed by atoms with Crippen molar-refractivity contribution in [3.8, 4) is 5.75 Å². The molecule has 0 heterocycles. The number of anilines is 2. The molecule has 0 saturated heterocycles. The Labute approximate surface area is 153 Å². The topological polar surface area (TPSA) is 73.6 Å². The van der Waals surface area contributed by atoms with E-state index in [4.69, 9.17) is 26.8 Å². The van der Waals surface area contributed by atoms with E-state index in [0.29, 0.717) is 54.8 Å². The number of carbonyl (C=O) groups is 1. The number of aryl methyl sites for hydroxylation is 1. The molecular formula is C19H23ClN2O3. The van der Waals surface area contributed by atoms with E-state index in [1.165, 1.54) is 0 Å². The Kier molecular flexibility index (Phi) is 7.57. The number of hydrogen-bond acceptors (Lipinski definition) is 4. The van der Waals surface area contributed by atoms with Crippen LogP contribution in [0.2, 0.25) is 5.02 Å². The Balaban J connectivity index is 1.94. The largest absolute Gasteiger partial charge is 0.489 e. The van der Waals surface area contributed by atoms with E-state index in [-0.39, 0.29) is 5.91 Å². The lowest BCUT2D eigenvalue weighted by Crippen LogP contribution is -2.14. The minimum Gasteiger partial charge on any atom is -0.489 e. The van der Waals surface area contributed by atoms with Crippen LogP contribution in [0.3, 0.4) is 0 Å². The molecular weight excluding hydrogens is 340 g/mol. The molecule has 0 atom stereocenters. The van der Waals surface area contributed by atoms with Crippen LogP contribution in [-0.4, -0.2) is 25.7 Å². The maximum absolute atomic E-state index is 12.3. The smallest absolute Gasteiger partial charge is 0.224 e.